The van der Waals surface area contributed by atoms with Crippen LogP contribution in [0.1, 0.15) is 54.4 Å². The number of phosphoric acid groups is 1. The number of rotatable bonds is 10. The number of phosphoric ester groups is 1. The molecule has 8 nitrogen and oxygen atoms in total. The third-order valence-corrected chi connectivity index (χ3v) is 6.37. The summed E-state index contributed by atoms with van der Waals surface area (Å²) in [4.78, 5) is 10.3. The van der Waals surface area contributed by atoms with E-state index in [-0.39, 0.29) is 48.9 Å². The molecule has 3 N–H and O–H groups in total. The number of ether oxygens (including phenoxy) is 3. The molecule has 0 spiro atoms. The topological polar surface area (TPSA) is 109 Å². The molecule has 0 aromatic rings. The van der Waals surface area contributed by atoms with Crippen LogP contribution in [0.25, 0.3) is 0 Å². The van der Waals surface area contributed by atoms with Crippen LogP contribution < -0.4 is 5.73 Å². The quantitative estimate of drug-likeness (QED) is 0.516. The number of hydrogen-bond donors (Lipinski definition) is 2. The molecule has 0 radical (unpaired) electrons. The first-order valence-electron chi connectivity index (χ1n) is 10.3. The first kappa shape index (κ1) is 24.2. The minimum atomic E-state index is -4.26. The highest BCUT2D eigenvalue weighted by Crippen LogP contribution is 2.48. The SMILES string of the molecule is CC(C)OC[C@H]1O[C@@H](C)CC1OP(=O)(O)OC[C@@H]1C(OC(C)C)C[C@H](C)C1N. The summed E-state index contributed by atoms with van der Waals surface area (Å²) in [5.41, 5.74) is 6.28. The van der Waals surface area contributed by atoms with E-state index in [9.17, 15) is 9.46 Å². The van der Waals surface area contributed by atoms with Crippen LogP contribution in [0.15, 0.2) is 0 Å². The Morgan fingerprint density at radius 2 is 1.79 bits per heavy atom. The molecule has 4 unspecified atom stereocenters. The van der Waals surface area contributed by atoms with Crippen LogP contribution in [-0.4, -0.2) is 60.8 Å². The maximum Gasteiger partial charge on any atom is 0.472 e. The van der Waals surface area contributed by atoms with Crippen molar-refractivity contribution in [3.63, 3.8) is 0 Å². The van der Waals surface area contributed by atoms with Crippen molar-refractivity contribution in [3.8, 4) is 0 Å². The van der Waals surface area contributed by atoms with Gasteiger partial charge in [0.05, 0.1) is 37.6 Å². The van der Waals surface area contributed by atoms with Crippen LogP contribution in [0.3, 0.4) is 0 Å². The molecule has 0 aromatic carbocycles. The van der Waals surface area contributed by atoms with Gasteiger partial charge >= 0.3 is 7.82 Å². The maximum atomic E-state index is 12.6. The molecule has 1 aliphatic heterocycles. The summed E-state index contributed by atoms with van der Waals surface area (Å²) >= 11 is 0. The molecule has 0 amide bonds. The molecule has 1 heterocycles. The van der Waals surface area contributed by atoms with Crippen molar-refractivity contribution in [2.75, 3.05) is 13.2 Å². The summed E-state index contributed by atoms with van der Waals surface area (Å²) in [6.07, 6.45) is 0.314. The van der Waals surface area contributed by atoms with Crippen molar-refractivity contribution in [3.05, 3.63) is 0 Å². The van der Waals surface area contributed by atoms with Crippen LogP contribution in [0.2, 0.25) is 0 Å². The highest BCUT2D eigenvalue weighted by atomic mass is 31.2. The molecule has 2 aliphatic rings. The molecule has 8 atom stereocenters. The van der Waals surface area contributed by atoms with E-state index in [4.69, 9.17) is 29.0 Å². The van der Waals surface area contributed by atoms with Crippen molar-refractivity contribution >= 4 is 7.82 Å². The second-order valence-electron chi connectivity index (χ2n) is 8.69. The lowest BCUT2D eigenvalue weighted by Gasteiger charge is -2.27. The van der Waals surface area contributed by atoms with Gasteiger partial charge in [0.15, 0.2) is 0 Å². The third kappa shape index (κ3) is 7.03. The predicted molar refractivity (Wildman–Crippen MR) is 106 cm³/mol. The Balaban J connectivity index is 1.92. The van der Waals surface area contributed by atoms with Gasteiger partial charge in [-0.25, -0.2) is 4.57 Å². The second kappa shape index (κ2) is 10.3. The Labute approximate surface area is 169 Å². The summed E-state index contributed by atoms with van der Waals surface area (Å²) in [5, 5.41) is 0. The first-order valence-corrected chi connectivity index (χ1v) is 11.8. The molecular weight excluding hydrogens is 385 g/mol. The van der Waals surface area contributed by atoms with Gasteiger partial charge in [0.25, 0.3) is 0 Å². The van der Waals surface area contributed by atoms with E-state index in [1.54, 1.807) is 0 Å². The Bertz CT molecular complexity index is 530. The Morgan fingerprint density at radius 1 is 1.11 bits per heavy atom. The highest BCUT2D eigenvalue weighted by Gasteiger charge is 2.43. The fraction of sp³-hybridized carbons (Fsp3) is 1.00. The van der Waals surface area contributed by atoms with E-state index in [0.29, 0.717) is 13.0 Å². The molecule has 2 fully saturated rings. The third-order valence-electron chi connectivity index (χ3n) is 5.36. The zero-order valence-corrected chi connectivity index (χ0v) is 18.8. The second-order valence-corrected chi connectivity index (χ2v) is 10.1. The molecule has 1 aliphatic carbocycles. The van der Waals surface area contributed by atoms with E-state index in [1.165, 1.54) is 0 Å². The van der Waals surface area contributed by atoms with Gasteiger partial charge in [-0.1, -0.05) is 6.92 Å². The van der Waals surface area contributed by atoms with E-state index in [1.807, 2.05) is 34.6 Å². The lowest BCUT2D eigenvalue weighted by molar-refractivity contribution is -0.0578. The van der Waals surface area contributed by atoms with Gasteiger partial charge in [-0.15, -0.1) is 0 Å². The van der Waals surface area contributed by atoms with Crippen molar-refractivity contribution < 1.29 is 32.7 Å². The fourth-order valence-electron chi connectivity index (χ4n) is 3.94. The highest BCUT2D eigenvalue weighted by molar-refractivity contribution is 7.47. The van der Waals surface area contributed by atoms with Gasteiger partial charge in [0.2, 0.25) is 0 Å². The lowest BCUT2D eigenvalue weighted by Crippen LogP contribution is -2.37. The van der Waals surface area contributed by atoms with Crippen LogP contribution in [0, 0.1) is 11.8 Å². The average Bonchev–Trinajstić information content (AvgIpc) is 3.02. The smallest absolute Gasteiger partial charge is 0.376 e. The zero-order chi connectivity index (χ0) is 21.1. The zero-order valence-electron chi connectivity index (χ0n) is 17.9. The van der Waals surface area contributed by atoms with E-state index < -0.39 is 20.0 Å². The van der Waals surface area contributed by atoms with E-state index in [2.05, 4.69) is 6.92 Å². The predicted octanol–water partition coefficient (Wildman–Crippen LogP) is 2.87. The average molecular weight is 423 g/mol. The van der Waals surface area contributed by atoms with Crippen molar-refractivity contribution in [2.24, 2.45) is 17.6 Å². The van der Waals surface area contributed by atoms with Crippen LogP contribution in [0.4, 0.5) is 0 Å². The summed E-state index contributed by atoms with van der Waals surface area (Å²) in [6.45, 7) is 12.1. The maximum absolute atomic E-state index is 12.6. The first-order chi connectivity index (χ1) is 13.0. The molecular formula is C19H38NO7P. The molecule has 1 saturated heterocycles. The van der Waals surface area contributed by atoms with Gasteiger partial charge in [0.1, 0.15) is 12.2 Å². The summed E-state index contributed by atoms with van der Waals surface area (Å²) in [6, 6.07) is -0.147. The lowest BCUT2D eigenvalue weighted by atomic mass is 10.0. The molecule has 28 heavy (non-hydrogen) atoms. The minimum Gasteiger partial charge on any atom is -0.376 e. The summed E-state index contributed by atoms with van der Waals surface area (Å²) < 4.78 is 40.7. The number of nitrogens with two attached hydrogens (primary N) is 1. The van der Waals surface area contributed by atoms with Gasteiger partial charge in [-0.2, -0.15) is 0 Å². The van der Waals surface area contributed by atoms with E-state index in [0.717, 1.165) is 6.42 Å². The molecule has 166 valence electrons. The Hall–Kier alpha value is -0.0500. The molecule has 2 rings (SSSR count). The Kier molecular flexibility index (Phi) is 8.92. The normalized spacial score (nSPS) is 38.4. The van der Waals surface area contributed by atoms with Gasteiger partial charge < -0.3 is 24.8 Å². The summed E-state index contributed by atoms with van der Waals surface area (Å²) in [7, 11) is -4.26. The molecule has 0 aromatic heterocycles. The van der Waals surface area contributed by atoms with Crippen LogP contribution in [0.5, 0.6) is 0 Å². The van der Waals surface area contributed by atoms with Crippen molar-refractivity contribution in [1.82, 2.24) is 0 Å². The van der Waals surface area contributed by atoms with Gasteiger partial charge in [-0.05, 0) is 47.0 Å². The minimum absolute atomic E-state index is 0.0208. The molecule has 9 heteroatoms. The largest absolute Gasteiger partial charge is 0.472 e. The van der Waals surface area contributed by atoms with Crippen molar-refractivity contribution in [1.29, 1.82) is 0 Å². The van der Waals surface area contributed by atoms with Crippen LogP contribution in [-0.2, 0) is 27.8 Å². The van der Waals surface area contributed by atoms with E-state index >= 15 is 0 Å². The van der Waals surface area contributed by atoms with Crippen molar-refractivity contribution in [2.45, 2.75) is 97.0 Å². The van der Waals surface area contributed by atoms with Gasteiger partial charge in [0, 0.05) is 18.4 Å². The summed E-state index contributed by atoms with van der Waals surface area (Å²) in [5.74, 6) is 0.110. The number of hydrogen-bond acceptors (Lipinski definition) is 7. The van der Waals surface area contributed by atoms with Gasteiger partial charge in [-0.3, -0.25) is 9.05 Å². The standard InChI is InChI=1S/C19H38NO7P/c1-11(2)23-10-18-17(8-14(6)26-18)27-28(21,22)24-9-15-16(25-12(3)4)7-13(5)19(15)20/h11-19H,7-10,20H2,1-6H3,(H,21,22)/t13-,14-,15+,16?,17?,18+,19?/m0/s1. The Morgan fingerprint density at radius 3 is 2.39 bits per heavy atom. The van der Waals surface area contributed by atoms with Crippen LogP contribution >= 0.6 is 7.82 Å². The molecule has 0 bridgehead atoms. The molecule has 1 saturated carbocycles. The fourth-order valence-corrected chi connectivity index (χ4v) is 4.93. The monoisotopic (exact) mass is 423 g/mol.